The minimum atomic E-state index is -5.80. The third kappa shape index (κ3) is 6.28. The molecule has 0 bridgehead atoms. The molecule has 7 N–H and O–H groups in total. The fourth-order valence-electron chi connectivity index (χ4n) is 3.37. The number of phosphoric acid groups is 3. The topological polar surface area (TPSA) is 277 Å². The second-order valence-corrected chi connectivity index (χ2v) is 13.0. The van der Waals surface area contributed by atoms with E-state index in [9.17, 15) is 43.6 Å². The number of aromatic nitrogens is 2. The summed E-state index contributed by atoms with van der Waals surface area (Å²) < 4.78 is 51.1. The zero-order chi connectivity index (χ0) is 27.4. The van der Waals surface area contributed by atoms with Gasteiger partial charge in [0.2, 0.25) is 0 Å². The van der Waals surface area contributed by atoms with E-state index < -0.39 is 60.0 Å². The number of nitrogens with zero attached hydrogens (tertiary/aromatic N) is 3. The summed E-state index contributed by atoms with van der Waals surface area (Å²) in [6.07, 6.45) is 0.886. The third-order valence-electron chi connectivity index (χ3n) is 4.89. The van der Waals surface area contributed by atoms with Gasteiger partial charge >= 0.3 is 29.2 Å². The fraction of sp³-hybridized carbons (Fsp3) is 0.400. The molecule has 4 rings (SSSR count). The van der Waals surface area contributed by atoms with Crippen LogP contribution in [0.3, 0.4) is 0 Å². The molecule has 18 nitrogen and oxygen atoms in total. The maximum Gasteiger partial charge on any atom is 0.490 e. The highest BCUT2D eigenvalue weighted by atomic mass is 32.2. The van der Waals surface area contributed by atoms with E-state index in [4.69, 9.17) is 14.5 Å². The highest BCUT2D eigenvalue weighted by molar-refractivity contribution is 8.04. The lowest BCUT2D eigenvalue weighted by molar-refractivity contribution is -0.290. The van der Waals surface area contributed by atoms with E-state index in [1.54, 1.807) is 12.2 Å². The molecule has 0 amide bonds. The molecule has 37 heavy (non-hydrogen) atoms. The van der Waals surface area contributed by atoms with E-state index >= 15 is 0 Å². The molecule has 2 aliphatic heterocycles. The fourth-order valence-corrected chi connectivity index (χ4v) is 7.37. The molecule has 204 valence electrons. The quantitative estimate of drug-likeness (QED) is 0.181. The number of aliphatic hydroxyl groups excluding tert-OH is 2. The van der Waals surface area contributed by atoms with Gasteiger partial charge in [-0.1, -0.05) is 23.9 Å². The average Bonchev–Trinajstić information content (AvgIpc) is 2.98. The van der Waals surface area contributed by atoms with Gasteiger partial charge in [-0.15, -0.1) is 0 Å². The van der Waals surface area contributed by atoms with E-state index in [2.05, 4.69) is 23.1 Å². The Morgan fingerprint density at radius 2 is 1.86 bits per heavy atom. The van der Waals surface area contributed by atoms with Crippen LogP contribution in [0.2, 0.25) is 0 Å². The monoisotopic (exact) mass is 605 g/mol. The van der Waals surface area contributed by atoms with Crippen LogP contribution in [0.5, 0.6) is 0 Å². The Labute approximate surface area is 210 Å². The lowest BCUT2D eigenvalue weighted by Gasteiger charge is -2.28. The molecule has 0 aromatic carbocycles. The minimum absolute atomic E-state index is 0.0505. The van der Waals surface area contributed by atoms with Crippen LogP contribution >= 0.6 is 35.2 Å². The van der Waals surface area contributed by atoms with Crippen molar-refractivity contribution in [2.24, 2.45) is 4.99 Å². The van der Waals surface area contributed by atoms with E-state index in [1.165, 1.54) is 0 Å². The van der Waals surface area contributed by atoms with Crippen LogP contribution < -0.4 is 5.69 Å². The zero-order valence-electron chi connectivity index (χ0n) is 17.9. The molecule has 6 atom stereocenters. The number of hydrogen-bond donors (Lipinski definition) is 7. The Hall–Kier alpha value is -1.37. The molecule has 1 aliphatic carbocycles. The standard InChI is InChI=1S/C15H18N3O15P3S/c19-11-8(6-30-35(26,27)33-36(28,29)32-34(23,24)25)31-15(22,12(11)20)18-5-10-13(17-14(18)21)16-7-3-1-2-4-9(7)37-10/h1-2,4-5,8,11-12,19-20,22H,3,6H2,(H,26,27)(H,28,29)(H2,23,24,25)/t8-,11-,12-,15+/m1/s1. The van der Waals surface area contributed by atoms with Crippen molar-refractivity contribution in [3.63, 3.8) is 0 Å². The molecule has 0 spiro atoms. The second kappa shape index (κ2) is 9.98. The number of ether oxygens (including phenoxy) is 1. The highest BCUT2D eigenvalue weighted by Crippen LogP contribution is 2.66. The Bertz CT molecular complexity index is 1400. The zero-order valence-corrected chi connectivity index (χ0v) is 21.4. The van der Waals surface area contributed by atoms with Crippen molar-refractivity contribution in [1.29, 1.82) is 0 Å². The Balaban J connectivity index is 1.52. The van der Waals surface area contributed by atoms with Crippen LogP contribution in [0.4, 0.5) is 5.82 Å². The number of rotatable bonds is 8. The van der Waals surface area contributed by atoms with Crippen LogP contribution in [-0.2, 0) is 37.5 Å². The third-order valence-corrected chi connectivity index (χ3v) is 9.79. The number of aliphatic imine (C=N–C) groups is 1. The summed E-state index contributed by atoms with van der Waals surface area (Å²) in [5.41, 5.74) is -0.466. The first-order chi connectivity index (χ1) is 17.0. The highest BCUT2D eigenvalue weighted by Gasteiger charge is 2.56. The van der Waals surface area contributed by atoms with Crippen molar-refractivity contribution in [1.82, 2.24) is 9.55 Å². The summed E-state index contributed by atoms with van der Waals surface area (Å²) in [4.78, 5) is 57.6. The largest absolute Gasteiger partial charge is 0.490 e. The predicted octanol–water partition coefficient (Wildman–Crippen LogP) is -0.668. The molecule has 0 saturated carbocycles. The average molecular weight is 605 g/mol. The summed E-state index contributed by atoms with van der Waals surface area (Å²) >= 11 is 1.16. The van der Waals surface area contributed by atoms with E-state index in [-0.39, 0.29) is 5.82 Å². The number of fused-ring (bicyclic) bond motifs is 2. The number of thioether (sulfide) groups is 1. The second-order valence-electron chi connectivity index (χ2n) is 7.54. The van der Waals surface area contributed by atoms with Crippen molar-refractivity contribution in [3.05, 3.63) is 39.8 Å². The first kappa shape index (κ1) is 28.6. The Kier molecular flexibility index (Phi) is 7.73. The van der Waals surface area contributed by atoms with Gasteiger partial charge in [0.15, 0.2) is 11.9 Å². The molecule has 22 heteroatoms. The van der Waals surface area contributed by atoms with Gasteiger partial charge in [-0.2, -0.15) is 13.6 Å². The normalized spacial score (nSPS) is 30.5. The minimum Gasteiger partial charge on any atom is -0.387 e. The maximum absolute atomic E-state index is 12.6. The summed E-state index contributed by atoms with van der Waals surface area (Å²) in [7, 11) is -17.0. The van der Waals surface area contributed by atoms with Gasteiger partial charge in [0, 0.05) is 17.5 Å². The Morgan fingerprint density at radius 1 is 1.16 bits per heavy atom. The van der Waals surface area contributed by atoms with E-state index in [1.807, 2.05) is 6.08 Å². The summed E-state index contributed by atoms with van der Waals surface area (Å²) in [5, 5.41) is 31.6. The van der Waals surface area contributed by atoms with Crippen molar-refractivity contribution in [2.75, 3.05) is 6.61 Å². The summed E-state index contributed by atoms with van der Waals surface area (Å²) in [6.45, 7) is -1.20. The first-order valence-corrected chi connectivity index (χ1v) is 15.1. The lowest BCUT2D eigenvalue weighted by Crippen LogP contribution is -2.50. The number of aliphatic hydroxyl groups is 3. The molecule has 2 unspecified atom stereocenters. The van der Waals surface area contributed by atoms with Gasteiger partial charge in [0.05, 0.1) is 17.2 Å². The number of phosphoric ester groups is 1. The van der Waals surface area contributed by atoms with E-state index in [0.29, 0.717) is 21.6 Å². The maximum atomic E-state index is 12.6. The molecule has 0 radical (unpaired) electrons. The molecule has 1 saturated heterocycles. The van der Waals surface area contributed by atoms with Gasteiger partial charge in [-0.3, -0.25) is 4.52 Å². The Morgan fingerprint density at radius 3 is 2.54 bits per heavy atom. The van der Waals surface area contributed by atoms with Gasteiger partial charge in [0.1, 0.15) is 12.2 Å². The molecule has 3 heterocycles. The molecular weight excluding hydrogens is 587 g/mol. The van der Waals surface area contributed by atoms with Crippen LogP contribution in [0, 0.1) is 0 Å². The predicted molar refractivity (Wildman–Crippen MR) is 120 cm³/mol. The SMILES string of the molecule is O=c1nc2c(cn1[C@@]1(O)O[C@H](COP(=O)(O)OP(=O)(O)OP(=O)(O)O)[C@@H](O)[C@H]1O)SC1=CC=CCC1=N2. The van der Waals surface area contributed by atoms with Crippen molar-refractivity contribution in [2.45, 2.75) is 35.5 Å². The van der Waals surface area contributed by atoms with Crippen LogP contribution in [0.1, 0.15) is 6.42 Å². The van der Waals surface area contributed by atoms with Crippen LogP contribution in [0.25, 0.3) is 0 Å². The summed E-state index contributed by atoms with van der Waals surface area (Å²) in [6, 6.07) is 0. The molecule has 1 aromatic heterocycles. The molecule has 3 aliphatic rings. The van der Waals surface area contributed by atoms with Gasteiger partial charge in [0.25, 0.3) is 5.91 Å². The smallest absolute Gasteiger partial charge is 0.387 e. The summed E-state index contributed by atoms with van der Waals surface area (Å²) in [5.74, 6) is -2.90. The molecular formula is C15H18N3O15P3S. The van der Waals surface area contributed by atoms with Crippen molar-refractivity contribution < 1.29 is 66.5 Å². The number of hydrogen-bond acceptors (Lipinski definition) is 14. The van der Waals surface area contributed by atoms with Crippen molar-refractivity contribution >= 4 is 46.8 Å². The molecule has 1 aromatic rings. The first-order valence-electron chi connectivity index (χ1n) is 9.81. The lowest BCUT2D eigenvalue weighted by atomic mass is 10.1. The van der Waals surface area contributed by atoms with Crippen molar-refractivity contribution in [3.8, 4) is 0 Å². The molecule has 1 fully saturated rings. The van der Waals surface area contributed by atoms with Gasteiger partial charge < -0.3 is 39.6 Å². The van der Waals surface area contributed by atoms with Crippen LogP contribution in [-0.4, -0.2) is 75.1 Å². The number of allylic oxidation sites excluding steroid dienone is 4. The van der Waals surface area contributed by atoms with Gasteiger partial charge in [-0.25, -0.2) is 28.0 Å². The van der Waals surface area contributed by atoms with Crippen LogP contribution in [0.15, 0.2) is 44.0 Å². The van der Waals surface area contributed by atoms with E-state index in [0.717, 1.165) is 22.9 Å². The van der Waals surface area contributed by atoms with Gasteiger partial charge in [-0.05, 0) is 6.08 Å².